The Morgan fingerprint density at radius 3 is 2.47 bits per heavy atom. The summed E-state index contributed by atoms with van der Waals surface area (Å²) in [4.78, 5) is 8.94. The van der Waals surface area contributed by atoms with Gasteiger partial charge in [0.2, 0.25) is 0 Å². The molecule has 146 valence electrons. The monoisotopic (exact) mass is 392 g/mol. The first-order valence-electron chi connectivity index (χ1n) is 9.59. The third-order valence-electron chi connectivity index (χ3n) is 4.60. The number of nitrogens with zero attached hydrogens (tertiary/aromatic N) is 3. The van der Waals surface area contributed by atoms with Gasteiger partial charge in [-0.3, -0.25) is 0 Å². The van der Waals surface area contributed by atoms with Gasteiger partial charge in [-0.25, -0.2) is 9.97 Å². The van der Waals surface area contributed by atoms with E-state index in [2.05, 4.69) is 27.4 Å². The van der Waals surface area contributed by atoms with E-state index >= 15 is 0 Å². The number of hydrogen-bond acceptors (Lipinski definition) is 5. The minimum absolute atomic E-state index is 0.398. The van der Waals surface area contributed by atoms with Crippen LogP contribution >= 0.6 is 0 Å². The summed E-state index contributed by atoms with van der Waals surface area (Å²) in [5.74, 6) is 1.15. The molecule has 0 radical (unpaired) electrons. The molecule has 0 aliphatic carbocycles. The molecule has 0 saturated carbocycles. The predicted octanol–water partition coefficient (Wildman–Crippen LogP) is 5.65. The molecule has 0 unspecified atom stereocenters. The van der Waals surface area contributed by atoms with E-state index in [4.69, 9.17) is 10.00 Å². The molecule has 0 bridgehead atoms. The second kappa shape index (κ2) is 8.89. The SMILES string of the molecule is Cc1cccc(-c2ncnc(Nc3ccc(C#N)cc3)c2OCc2ccccc2)c1. The van der Waals surface area contributed by atoms with Crippen molar-refractivity contribution < 1.29 is 4.74 Å². The number of aryl methyl sites for hydroxylation is 1. The van der Waals surface area contributed by atoms with Crippen LogP contribution in [-0.4, -0.2) is 9.97 Å². The van der Waals surface area contributed by atoms with Gasteiger partial charge < -0.3 is 10.1 Å². The standard InChI is InChI=1S/C25H20N4O/c1-18-6-5-9-21(14-18)23-24(30-16-20-7-3-2-4-8-20)25(28-17-27-23)29-22-12-10-19(15-26)11-13-22/h2-14,17H,16H2,1H3,(H,27,28,29). The van der Waals surface area contributed by atoms with E-state index in [0.717, 1.165) is 28.1 Å². The van der Waals surface area contributed by atoms with Crippen molar-refractivity contribution in [3.63, 3.8) is 0 Å². The van der Waals surface area contributed by atoms with Crippen molar-refractivity contribution in [2.75, 3.05) is 5.32 Å². The largest absolute Gasteiger partial charge is 0.483 e. The maximum Gasteiger partial charge on any atom is 0.188 e. The number of benzene rings is 3. The molecule has 0 aliphatic rings. The van der Waals surface area contributed by atoms with Crippen LogP contribution in [0.4, 0.5) is 11.5 Å². The maximum atomic E-state index is 9.01. The molecule has 0 fully saturated rings. The Labute approximate surface area is 175 Å². The molecular weight excluding hydrogens is 372 g/mol. The molecule has 0 saturated heterocycles. The lowest BCUT2D eigenvalue weighted by molar-refractivity contribution is 0.307. The molecule has 1 N–H and O–H groups in total. The van der Waals surface area contributed by atoms with Crippen LogP contribution in [0.1, 0.15) is 16.7 Å². The Morgan fingerprint density at radius 2 is 1.73 bits per heavy atom. The van der Waals surface area contributed by atoms with Gasteiger partial charge in [-0.15, -0.1) is 0 Å². The van der Waals surface area contributed by atoms with Gasteiger partial charge in [0.1, 0.15) is 18.6 Å². The highest BCUT2D eigenvalue weighted by Gasteiger charge is 2.16. The predicted molar refractivity (Wildman–Crippen MR) is 117 cm³/mol. The summed E-state index contributed by atoms with van der Waals surface area (Å²) >= 11 is 0. The summed E-state index contributed by atoms with van der Waals surface area (Å²) in [5.41, 5.74) is 5.29. The first-order valence-corrected chi connectivity index (χ1v) is 9.59. The molecule has 5 heteroatoms. The van der Waals surface area contributed by atoms with Gasteiger partial charge in [-0.1, -0.05) is 54.1 Å². The quantitative estimate of drug-likeness (QED) is 0.459. The van der Waals surface area contributed by atoms with Crippen LogP contribution in [0.15, 0.2) is 85.2 Å². The van der Waals surface area contributed by atoms with Crippen molar-refractivity contribution in [3.8, 4) is 23.1 Å². The van der Waals surface area contributed by atoms with Gasteiger partial charge in [0.15, 0.2) is 11.6 Å². The molecule has 0 spiro atoms. The van der Waals surface area contributed by atoms with Gasteiger partial charge in [0.05, 0.1) is 11.6 Å². The van der Waals surface area contributed by atoms with E-state index in [-0.39, 0.29) is 0 Å². The summed E-state index contributed by atoms with van der Waals surface area (Å²) in [6, 6.07) is 27.4. The maximum absolute atomic E-state index is 9.01. The molecule has 0 amide bonds. The van der Waals surface area contributed by atoms with Crippen LogP contribution in [0.5, 0.6) is 5.75 Å². The first-order chi connectivity index (χ1) is 14.7. The summed E-state index contributed by atoms with van der Waals surface area (Å²) in [7, 11) is 0. The van der Waals surface area contributed by atoms with E-state index in [1.165, 1.54) is 6.33 Å². The van der Waals surface area contributed by atoms with Crippen LogP contribution in [0.2, 0.25) is 0 Å². The second-order valence-corrected chi connectivity index (χ2v) is 6.86. The van der Waals surface area contributed by atoms with Crippen LogP contribution in [0, 0.1) is 18.3 Å². The lowest BCUT2D eigenvalue weighted by atomic mass is 10.1. The van der Waals surface area contributed by atoms with Crippen molar-refractivity contribution >= 4 is 11.5 Å². The fourth-order valence-electron chi connectivity index (χ4n) is 3.09. The van der Waals surface area contributed by atoms with Gasteiger partial charge in [0.25, 0.3) is 0 Å². The topological polar surface area (TPSA) is 70.8 Å². The van der Waals surface area contributed by atoms with Crippen molar-refractivity contribution in [2.45, 2.75) is 13.5 Å². The number of nitrogens with one attached hydrogen (secondary N) is 1. The van der Waals surface area contributed by atoms with Gasteiger partial charge in [-0.2, -0.15) is 5.26 Å². The smallest absolute Gasteiger partial charge is 0.188 e. The number of aromatic nitrogens is 2. The van der Waals surface area contributed by atoms with Crippen molar-refractivity contribution in [1.82, 2.24) is 9.97 Å². The van der Waals surface area contributed by atoms with E-state index in [0.29, 0.717) is 23.7 Å². The number of ether oxygens (including phenoxy) is 1. The molecule has 1 heterocycles. The number of rotatable bonds is 6. The average Bonchev–Trinajstić information content (AvgIpc) is 2.79. The summed E-state index contributed by atoms with van der Waals surface area (Å²) in [5, 5.41) is 12.3. The van der Waals surface area contributed by atoms with Gasteiger partial charge in [0, 0.05) is 11.3 Å². The van der Waals surface area contributed by atoms with E-state index in [9.17, 15) is 0 Å². The van der Waals surface area contributed by atoms with Gasteiger partial charge >= 0.3 is 0 Å². The highest BCUT2D eigenvalue weighted by molar-refractivity contribution is 5.75. The van der Waals surface area contributed by atoms with Crippen LogP contribution in [0.25, 0.3) is 11.3 Å². The van der Waals surface area contributed by atoms with E-state index < -0.39 is 0 Å². The second-order valence-electron chi connectivity index (χ2n) is 6.86. The molecule has 0 aliphatic heterocycles. The molecule has 4 aromatic rings. The fourth-order valence-corrected chi connectivity index (χ4v) is 3.09. The molecule has 0 atom stereocenters. The Morgan fingerprint density at radius 1 is 0.933 bits per heavy atom. The Bertz CT molecular complexity index is 1180. The highest BCUT2D eigenvalue weighted by atomic mass is 16.5. The summed E-state index contributed by atoms with van der Waals surface area (Å²) < 4.78 is 6.23. The van der Waals surface area contributed by atoms with Gasteiger partial charge in [-0.05, 0) is 42.8 Å². The van der Waals surface area contributed by atoms with Crippen molar-refractivity contribution in [3.05, 3.63) is 102 Å². The van der Waals surface area contributed by atoms with E-state index in [1.807, 2.05) is 67.6 Å². The molecular formula is C25H20N4O. The normalized spacial score (nSPS) is 10.3. The zero-order chi connectivity index (χ0) is 20.8. The lowest BCUT2D eigenvalue weighted by Crippen LogP contribution is -2.04. The molecule has 3 aromatic carbocycles. The van der Waals surface area contributed by atoms with E-state index in [1.54, 1.807) is 12.1 Å². The van der Waals surface area contributed by atoms with Crippen LogP contribution in [-0.2, 0) is 6.61 Å². The van der Waals surface area contributed by atoms with Crippen molar-refractivity contribution in [2.24, 2.45) is 0 Å². The lowest BCUT2D eigenvalue weighted by Gasteiger charge is -2.16. The number of nitriles is 1. The minimum Gasteiger partial charge on any atom is -0.483 e. The molecule has 30 heavy (non-hydrogen) atoms. The summed E-state index contributed by atoms with van der Waals surface area (Å²) in [6.45, 7) is 2.44. The fraction of sp³-hybridized carbons (Fsp3) is 0.0800. The zero-order valence-corrected chi connectivity index (χ0v) is 16.5. The third-order valence-corrected chi connectivity index (χ3v) is 4.60. The summed E-state index contributed by atoms with van der Waals surface area (Å²) in [6.07, 6.45) is 1.53. The Kier molecular flexibility index (Phi) is 5.68. The van der Waals surface area contributed by atoms with Crippen LogP contribution in [0.3, 0.4) is 0 Å². The Hall–Kier alpha value is -4.17. The number of hydrogen-bond donors (Lipinski definition) is 1. The molecule has 1 aromatic heterocycles. The Balaban J connectivity index is 1.72. The zero-order valence-electron chi connectivity index (χ0n) is 16.5. The van der Waals surface area contributed by atoms with Crippen LogP contribution < -0.4 is 10.1 Å². The molecule has 4 rings (SSSR count). The highest BCUT2D eigenvalue weighted by Crippen LogP contribution is 2.35. The average molecular weight is 392 g/mol. The minimum atomic E-state index is 0.398. The third kappa shape index (κ3) is 4.45. The molecule has 5 nitrogen and oxygen atoms in total. The van der Waals surface area contributed by atoms with Crippen molar-refractivity contribution in [1.29, 1.82) is 5.26 Å². The first kappa shape index (κ1) is 19.2. The number of anilines is 2.